The zero-order chi connectivity index (χ0) is 13.2. The summed E-state index contributed by atoms with van der Waals surface area (Å²) in [5, 5.41) is 8.60. The number of carbonyl (C=O) groups is 1. The van der Waals surface area contributed by atoms with Crippen LogP contribution in [0.3, 0.4) is 0 Å². The van der Waals surface area contributed by atoms with Crippen LogP contribution in [-0.2, 0) is 4.79 Å². The Morgan fingerprint density at radius 3 is 2.35 bits per heavy atom. The molecule has 2 nitrogen and oxygen atoms in total. The third-order valence-corrected chi connectivity index (χ3v) is 2.74. The van der Waals surface area contributed by atoms with Gasteiger partial charge in [0.25, 0.3) is 0 Å². The third-order valence-electron chi connectivity index (χ3n) is 1.84. The van der Waals surface area contributed by atoms with Crippen LogP contribution in [0, 0.1) is 0 Å². The van der Waals surface area contributed by atoms with Crippen LogP contribution in [0.2, 0.25) is 0 Å². The number of halogens is 4. The number of hydrogen-bond acceptors (Lipinski definition) is 2. The predicted molar refractivity (Wildman–Crippen MR) is 63.7 cm³/mol. The Morgan fingerprint density at radius 1 is 1.35 bits per heavy atom. The molecule has 7 heteroatoms. The Kier molecular flexibility index (Phi) is 4.26. The number of carboxylic acids is 1. The molecule has 0 saturated carbocycles. The molecule has 1 rings (SSSR count). The quantitative estimate of drug-likeness (QED) is 0.641. The van der Waals surface area contributed by atoms with E-state index >= 15 is 0 Å². The van der Waals surface area contributed by atoms with E-state index in [0.29, 0.717) is 4.47 Å². The monoisotopic (exact) mass is 326 g/mol. The molecule has 92 valence electrons. The van der Waals surface area contributed by atoms with Crippen molar-refractivity contribution in [3.63, 3.8) is 0 Å². The van der Waals surface area contributed by atoms with Crippen molar-refractivity contribution in [1.82, 2.24) is 0 Å². The highest BCUT2D eigenvalue weighted by atomic mass is 79.9. The normalized spacial score (nSPS) is 13.2. The predicted octanol–water partition coefficient (Wildman–Crippen LogP) is 3.74. The van der Waals surface area contributed by atoms with E-state index in [4.69, 9.17) is 5.11 Å². The maximum Gasteiger partial charge on any atom is 0.418 e. The molecule has 1 aromatic rings. The Labute approximate surface area is 109 Å². The summed E-state index contributed by atoms with van der Waals surface area (Å²) in [5.74, 6) is -1.72. The maximum absolute atomic E-state index is 12.8. The van der Waals surface area contributed by atoms with Gasteiger partial charge in [0.15, 0.2) is 0 Å². The Balaban J connectivity index is 3.47. The number of allylic oxidation sites excluding steroid dienone is 1. The topological polar surface area (TPSA) is 37.3 Å². The number of hydrogen-bond donors (Lipinski definition) is 2. The zero-order valence-electron chi connectivity index (χ0n) is 8.12. The van der Waals surface area contributed by atoms with Crippen molar-refractivity contribution in [2.75, 3.05) is 0 Å². The van der Waals surface area contributed by atoms with Crippen molar-refractivity contribution < 1.29 is 23.1 Å². The molecule has 0 spiro atoms. The van der Waals surface area contributed by atoms with E-state index in [9.17, 15) is 18.0 Å². The van der Waals surface area contributed by atoms with Crippen LogP contribution in [-0.4, -0.2) is 17.3 Å². The number of aliphatic carboxylic acids is 1. The van der Waals surface area contributed by atoms with Crippen LogP contribution >= 0.6 is 28.6 Å². The van der Waals surface area contributed by atoms with Gasteiger partial charge in [-0.3, -0.25) is 0 Å². The van der Waals surface area contributed by atoms with Gasteiger partial charge in [-0.25, -0.2) is 4.79 Å². The van der Waals surface area contributed by atoms with Gasteiger partial charge in [0.2, 0.25) is 0 Å². The van der Waals surface area contributed by atoms with Gasteiger partial charge in [-0.2, -0.15) is 13.2 Å². The van der Waals surface area contributed by atoms with E-state index in [0.717, 1.165) is 0 Å². The average Bonchev–Trinajstić information content (AvgIpc) is 2.15. The Bertz CT molecular complexity index is 483. The molecule has 0 bridgehead atoms. The molecule has 0 fully saturated rings. The fraction of sp³-hybridized carbons (Fsp3) is 0.100. The summed E-state index contributed by atoms with van der Waals surface area (Å²) in [7, 11) is 0. The molecule has 0 aromatic heterocycles. The van der Waals surface area contributed by atoms with Gasteiger partial charge < -0.3 is 5.11 Å². The Hall–Kier alpha value is -0.950. The fourth-order valence-electron chi connectivity index (χ4n) is 1.19. The first-order chi connectivity index (χ1) is 7.73. The summed E-state index contributed by atoms with van der Waals surface area (Å²) in [6.07, 6.45) is -4.78. The maximum atomic E-state index is 12.8. The first-order valence-corrected chi connectivity index (χ1v) is 5.47. The van der Waals surface area contributed by atoms with Crippen LogP contribution < -0.4 is 0 Å². The summed E-state index contributed by atoms with van der Waals surface area (Å²) in [4.78, 5) is 9.57. The molecule has 1 N–H and O–H groups in total. The van der Waals surface area contributed by atoms with Crippen molar-refractivity contribution >= 4 is 40.1 Å². The molecule has 1 aromatic carbocycles. The molecule has 0 aliphatic heterocycles. The molecule has 0 aliphatic carbocycles. The summed E-state index contributed by atoms with van der Waals surface area (Å²) in [6, 6.07) is 5.28. The van der Waals surface area contributed by atoms with Gasteiger partial charge in [0.1, 0.15) is 4.91 Å². The van der Waals surface area contributed by atoms with E-state index in [1.54, 1.807) is 0 Å². The molecule has 17 heavy (non-hydrogen) atoms. The highest BCUT2D eigenvalue weighted by Crippen LogP contribution is 2.38. The lowest BCUT2D eigenvalue weighted by Crippen LogP contribution is -2.15. The van der Waals surface area contributed by atoms with Crippen LogP contribution in [0.15, 0.2) is 33.6 Å². The molecular formula is C10H6BrF3O2S. The van der Waals surface area contributed by atoms with Crippen LogP contribution in [0.4, 0.5) is 13.2 Å². The lowest BCUT2D eigenvalue weighted by molar-refractivity contribution is -0.132. The third kappa shape index (κ3) is 3.50. The first kappa shape index (κ1) is 14.1. The van der Waals surface area contributed by atoms with Gasteiger partial charge in [0, 0.05) is 4.47 Å². The summed E-state index contributed by atoms with van der Waals surface area (Å²) < 4.78 is 38.7. The van der Waals surface area contributed by atoms with Gasteiger partial charge in [-0.15, -0.1) is 12.6 Å². The van der Waals surface area contributed by atoms with Crippen LogP contribution in [0.5, 0.6) is 0 Å². The van der Waals surface area contributed by atoms with Crippen molar-refractivity contribution in [1.29, 1.82) is 0 Å². The smallest absolute Gasteiger partial charge is 0.418 e. The van der Waals surface area contributed by atoms with Crippen LogP contribution in [0.25, 0.3) is 5.57 Å². The van der Waals surface area contributed by atoms with Crippen LogP contribution in [0.1, 0.15) is 5.56 Å². The summed E-state index contributed by atoms with van der Waals surface area (Å²) >= 11 is 6.42. The number of thiol groups is 1. The largest absolute Gasteiger partial charge is 0.477 e. The summed E-state index contributed by atoms with van der Waals surface area (Å²) in [5.41, 5.74) is -1.52. The number of carboxylic acid groups (broad SMARTS) is 1. The minimum absolute atomic E-state index is 0.251. The first-order valence-electron chi connectivity index (χ1n) is 4.23. The van der Waals surface area contributed by atoms with Gasteiger partial charge >= 0.3 is 12.1 Å². The molecule has 0 amide bonds. The molecule has 0 aliphatic rings. The zero-order valence-corrected chi connectivity index (χ0v) is 10.6. The van der Waals surface area contributed by atoms with E-state index < -0.39 is 22.6 Å². The number of rotatable bonds is 2. The van der Waals surface area contributed by atoms with E-state index in [2.05, 4.69) is 28.6 Å². The van der Waals surface area contributed by atoms with E-state index in [-0.39, 0.29) is 5.56 Å². The lowest BCUT2D eigenvalue weighted by atomic mass is 10.1. The molecular weight excluding hydrogens is 321 g/mol. The second-order valence-corrected chi connectivity index (χ2v) is 4.40. The highest BCUT2D eigenvalue weighted by Gasteiger charge is 2.38. The molecule has 0 saturated heterocycles. The van der Waals surface area contributed by atoms with E-state index in [1.165, 1.54) is 24.3 Å². The Morgan fingerprint density at radius 2 is 1.94 bits per heavy atom. The number of alkyl halides is 3. The van der Waals surface area contributed by atoms with Gasteiger partial charge in [0.05, 0.1) is 5.57 Å². The molecule has 0 heterocycles. The lowest BCUT2D eigenvalue weighted by Gasteiger charge is -2.13. The highest BCUT2D eigenvalue weighted by molar-refractivity contribution is 9.10. The molecule has 0 radical (unpaired) electrons. The second-order valence-electron chi connectivity index (χ2n) is 3.04. The average molecular weight is 327 g/mol. The fourth-order valence-corrected chi connectivity index (χ4v) is 1.84. The minimum atomic E-state index is -4.78. The van der Waals surface area contributed by atoms with Crippen molar-refractivity contribution in [3.05, 3.63) is 39.2 Å². The second kappa shape index (κ2) is 5.14. The van der Waals surface area contributed by atoms with E-state index in [1.807, 2.05) is 0 Å². The van der Waals surface area contributed by atoms with Crippen molar-refractivity contribution in [2.45, 2.75) is 6.18 Å². The van der Waals surface area contributed by atoms with Crippen molar-refractivity contribution in [2.24, 2.45) is 0 Å². The van der Waals surface area contributed by atoms with Gasteiger partial charge in [-0.05, 0) is 17.7 Å². The van der Waals surface area contributed by atoms with Crippen molar-refractivity contribution in [3.8, 4) is 0 Å². The standard InChI is InChI=1S/C10H6BrF3O2S/c11-6-3-1-2-5(4-6)7(10(12,13)14)8(17)9(15)16/h1-4,17H,(H,15,16)/b8-7+. The van der Waals surface area contributed by atoms with Gasteiger partial charge in [-0.1, -0.05) is 28.1 Å². The minimum Gasteiger partial charge on any atom is -0.477 e. The molecule has 0 atom stereocenters. The summed E-state index contributed by atoms with van der Waals surface area (Å²) in [6.45, 7) is 0. The molecule has 0 unspecified atom stereocenters. The SMILES string of the molecule is O=C(O)/C(S)=C(/c1cccc(Br)c1)C(F)(F)F. The number of benzene rings is 1.